The highest BCUT2D eigenvalue weighted by Gasteiger charge is 2.17. The molecule has 1 aromatic heterocycles. The first-order valence-electron chi connectivity index (χ1n) is 8.04. The van der Waals surface area contributed by atoms with E-state index < -0.39 is 22.4 Å². The molecular weight excluding hydrogens is 410 g/mol. The fourth-order valence-corrected chi connectivity index (χ4v) is 3.02. The monoisotopic (exact) mass is 427 g/mol. The summed E-state index contributed by atoms with van der Waals surface area (Å²) in [4.78, 5) is 36.7. The van der Waals surface area contributed by atoms with Crippen LogP contribution in [0.2, 0.25) is 5.02 Å². The van der Waals surface area contributed by atoms with Crippen LogP contribution >= 0.6 is 23.4 Å². The zero-order chi connectivity index (χ0) is 20.7. The van der Waals surface area contributed by atoms with Gasteiger partial charge in [-0.05, 0) is 31.5 Å². The Kier molecular flexibility index (Phi) is 7.64. The number of nitrogens with zero attached hydrogens (tertiary/aromatic N) is 2. The number of methoxy groups -OCH3 is 1. The Morgan fingerprint density at radius 2 is 2.21 bits per heavy atom. The number of nitrogens with one attached hydrogen (secondary N) is 3. The molecule has 2 aromatic rings. The Balaban J connectivity index is 2.03. The van der Waals surface area contributed by atoms with Gasteiger partial charge in [0.25, 0.3) is 11.5 Å². The fourth-order valence-electron chi connectivity index (χ4n) is 2.00. The average Bonchev–Trinajstić information content (AvgIpc) is 2.65. The summed E-state index contributed by atoms with van der Waals surface area (Å²) >= 11 is 7.06. The van der Waals surface area contributed by atoms with Gasteiger partial charge >= 0.3 is 5.69 Å². The number of ether oxygens (including phenoxy) is 2. The van der Waals surface area contributed by atoms with Crippen molar-refractivity contribution in [1.29, 1.82) is 0 Å². The molecule has 12 heteroatoms. The van der Waals surface area contributed by atoms with Crippen molar-refractivity contribution >= 4 is 35.5 Å². The van der Waals surface area contributed by atoms with Crippen LogP contribution < -0.4 is 26.1 Å². The molecule has 0 bridgehead atoms. The molecule has 1 unspecified atom stereocenters. The van der Waals surface area contributed by atoms with Crippen molar-refractivity contribution in [2.75, 3.05) is 13.7 Å². The van der Waals surface area contributed by atoms with E-state index in [1.54, 1.807) is 19.1 Å². The van der Waals surface area contributed by atoms with E-state index in [1.807, 2.05) is 11.9 Å². The van der Waals surface area contributed by atoms with Gasteiger partial charge in [0.2, 0.25) is 0 Å². The molecule has 0 aliphatic carbocycles. The lowest BCUT2D eigenvalue weighted by molar-refractivity contribution is -0.120. The van der Waals surface area contributed by atoms with Gasteiger partial charge in [-0.3, -0.25) is 14.6 Å². The summed E-state index contributed by atoms with van der Waals surface area (Å²) in [6, 6.07) is 3.28. The largest absolute Gasteiger partial charge is 0.493 e. The minimum Gasteiger partial charge on any atom is -0.493 e. The number of aromatic nitrogens is 3. The van der Waals surface area contributed by atoms with Crippen molar-refractivity contribution in [3.63, 3.8) is 0 Å². The SMILES string of the molecule is CCOc1c(Cl)cc(/C=N/NC(=O)C(C)Sc2n[nH]c(=O)[nH]c2=O)cc1OC. The summed E-state index contributed by atoms with van der Waals surface area (Å²) < 4.78 is 10.7. The molecule has 0 aliphatic heterocycles. The second-order valence-electron chi connectivity index (χ2n) is 5.27. The second kappa shape index (κ2) is 9.95. The van der Waals surface area contributed by atoms with Crippen molar-refractivity contribution in [2.24, 2.45) is 5.10 Å². The first-order valence-corrected chi connectivity index (χ1v) is 9.30. The molecule has 0 radical (unpaired) electrons. The predicted octanol–water partition coefficient (Wildman–Crippen LogP) is 1.15. The fraction of sp³-hybridized carbons (Fsp3) is 0.312. The molecule has 0 saturated heterocycles. The smallest absolute Gasteiger partial charge is 0.342 e. The first-order chi connectivity index (χ1) is 13.3. The van der Waals surface area contributed by atoms with E-state index in [4.69, 9.17) is 21.1 Å². The summed E-state index contributed by atoms with van der Waals surface area (Å²) in [5.74, 6) is 0.406. The van der Waals surface area contributed by atoms with E-state index in [0.29, 0.717) is 28.7 Å². The Morgan fingerprint density at radius 3 is 2.86 bits per heavy atom. The maximum atomic E-state index is 12.1. The number of rotatable bonds is 8. The second-order valence-corrected chi connectivity index (χ2v) is 7.01. The number of aromatic amines is 2. The average molecular weight is 428 g/mol. The lowest BCUT2D eigenvalue weighted by Crippen LogP contribution is -2.30. The van der Waals surface area contributed by atoms with E-state index in [9.17, 15) is 14.4 Å². The highest BCUT2D eigenvalue weighted by molar-refractivity contribution is 8.00. The number of thioether (sulfide) groups is 1. The third-order valence-corrected chi connectivity index (χ3v) is 4.62. The summed E-state index contributed by atoms with van der Waals surface area (Å²) in [6.45, 7) is 3.83. The van der Waals surface area contributed by atoms with Gasteiger partial charge in [0.1, 0.15) is 0 Å². The van der Waals surface area contributed by atoms with Gasteiger partial charge < -0.3 is 9.47 Å². The van der Waals surface area contributed by atoms with Gasteiger partial charge in [-0.1, -0.05) is 23.4 Å². The molecule has 1 amide bonds. The number of hydrogen-bond acceptors (Lipinski definition) is 8. The van der Waals surface area contributed by atoms with Crippen LogP contribution in [-0.2, 0) is 4.79 Å². The van der Waals surface area contributed by atoms with Crippen LogP contribution in [0.5, 0.6) is 11.5 Å². The van der Waals surface area contributed by atoms with Crippen LogP contribution in [0.1, 0.15) is 19.4 Å². The molecule has 150 valence electrons. The van der Waals surface area contributed by atoms with Gasteiger partial charge in [0, 0.05) is 0 Å². The zero-order valence-corrected chi connectivity index (χ0v) is 16.8. The molecule has 0 saturated carbocycles. The molecular formula is C16H18ClN5O5S. The quantitative estimate of drug-likeness (QED) is 0.326. The molecule has 2 rings (SSSR count). The zero-order valence-electron chi connectivity index (χ0n) is 15.2. The molecule has 3 N–H and O–H groups in total. The van der Waals surface area contributed by atoms with Gasteiger partial charge in [0.05, 0.1) is 30.2 Å². The predicted molar refractivity (Wildman–Crippen MR) is 106 cm³/mol. The number of benzene rings is 1. The molecule has 28 heavy (non-hydrogen) atoms. The van der Waals surface area contributed by atoms with Crippen LogP contribution in [0.4, 0.5) is 0 Å². The van der Waals surface area contributed by atoms with Crippen molar-refractivity contribution in [3.8, 4) is 11.5 Å². The Bertz CT molecular complexity index is 990. The third-order valence-electron chi connectivity index (χ3n) is 3.27. The first kappa shape index (κ1) is 21.5. The number of H-pyrrole nitrogens is 2. The Hall–Kier alpha value is -2.79. The summed E-state index contributed by atoms with van der Waals surface area (Å²) in [5.41, 5.74) is 1.55. The lowest BCUT2D eigenvalue weighted by Gasteiger charge is -2.11. The van der Waals surface area contributed by atoms with Crippen LogP contribution in [0.15, 0.2) is 31.8 Å². The normalized spacial score (nSPS) is 12.0. The van der Waals surface area contributed by atoms with Crippen molar-refractivity contribution in [2.45, 2.75) is 24.1 Å². The van der Waals surface area contributed by atoms with Gasteiger partial charge in [-0.15, -0.1) is 0 Å². The Labute approximate surface area is 168 Å². The number of carbonyl (C=O) groups is 1. The highest BCUT2D eigenvalue weighted by Crippen LogP contribution is 2.35. The molecule has 1 atom stereocenters. The maximum Gasteiger partial charge on any atom is 0.342 e. The van der Waals surface area contributed by atoms with Crippen LogP contribution in [0, 0.1) is 0 Å². The molecule has 10 nitrogen and oxygen atoms in total. The number of carbonyl (C=O) groups excluding carboxylic acids is 1. The molecule has 0 fully saturated rings. The molecule has 0 spiro atoms. The topological polar surface area (TPSA) is 139 Å². The summed E-state index contributed by atoms with van der Waals surface area (Å²) in [5, 5.41) is 9.21. The molecule has 1 aromatic carbocycles. The summed E-state index contributed by atoms with van der Waals surface area (Å²) in [7, 11) is 1.49. The summed E-state index contributed by atoms with van der Waals surface area (Å²) in [6.07, 6.45) is 1.39. The number of hydrazone groups is 1. The molecule has 1 heterocycles. The van der Waals surface area contributed by atoms with Gasteiger partial charge in [-0.2, -0.15) is 10.2 Å². The standard InChI is InChI=1S/C16H18ClN5O5S/c1-4-27-12-10(17)5-9(6-11(12)26-3)7-18-20-13(23)8(2)28-15-14(24)19-16(25)22-21-15/h5-8H,4H2,1-3H3,(H,20,23)(H2,19,22,24,25)/b18-7+. The van der Waals surface area contributed by atoms with E-state index in [-0.39, 0.29) is 5.03 Å². The third kappa shape index (κ3) is 5.60. The number of halogens is 1. The number of amides is 1. The number of hydrogen-bond donors (Lipinski definition) is 3. The lowest BCUT2D eigenvalue weighted by atomic mass is 10.2. The Morgan fingerprint density at radius 1 is 1.46 bits per heavy atom. The van der Waals surface area contributed by atoms with Crippen LogP contribution in [-0.4, -0.2) is 46.3 Å². The van der Waals surface area contributed by atoms with Crippen LogP contribution in [0.3, 0.4) is 0 Å². The van der Waals surface area contributed by atoms with Crippen LogP contribution in [0.25, 0.3) is 0 Å². The van der Waals surface area contributed by atoms with E-state index >= 15 is 0 Å². The van der Waals surface area contributed by atoms with E-state index in [2.05, 4.69) is 20.7 Å². The van der Waals surface area contributed by atoms with Crippen molar-refractivity contribution in [3.05, 3.63) is 43.6 Å². The molecule has 0 aliphatic rings. The van der Waals surface area contributed by atoms with Gasteiger partial charge in [0.15, 0.2) is 16.5 Å². The maximum absolute atomic E-state index is 12.1. The van der Waals surface area contributed by atoms with Crippen molar-refractivity contribution in [1.82, 2.24) is 20.6 Å². The van der Waals surface area contributed by atoms with E-state index in [0.717, 1.165) is 11.8 Å². The minimum absolute atomic E-state index is 0.0331. The minimum atomic E-state index is -0.722. The highest BCUT2D eigenvalue weighted by atomic mass is 35.5. The van der Waals surface area contributed by atoms with Gasteiger partial charge in [-0.25, -0.2) is 15.3 Å². The van der Waals surface area contributed by atoms with Crippen molar-refractivity contribution < 1.29 is 14.3 Å². The van der Waals surface area contributed by atoms with E-state index in [1.165, 1.54) is 13.3 Å².